The van der Waals surface area contributed by atoms with E-state index in [4.69, 9.17) is 32.7 Å². The van der Waals surface area contributed by atoms with Crippen molar-refractivity contribution >= 4 is 47.7 Å². The molecule has 2 aromatic carbocycles. The van der Waals surface area contributed by atoms with E-state index in [1.807, 2.05) is 4.90 Å². The third-order valence-corrected chi connectivity index (χ3v) is 4.79. The fourth-order valence-corrected chi connectivity index (χ4v) is 3.35. The number of carbonyl (C=O) groups is 1. The zero-order chi connectivity index (χ0) is 20.6. The molecule has 1 aliphatic heterocycles. The standard InChI is InChI=1S/C20H20Cl2FN3O3.ClH/c21-16-9-14(11-24-25-19(27)12-26-5-7-28-8-6-26)10-17(22)20(16)29-13-15-3-1-2-4-18(15)23;/h1-4,9-11H,5-8,12-13H2,(H,25,27);1H/b24-11+;. The highest BCUT2D eigenvalue weighted by molar-refractivity contribution is 6.37. The summed E-state index contributed by atoms with van der Waals surface area (Å²) in [7, 11) is 0. The highest BCUT2D eigenvalue weighted by Crippen LogP contribution is 2.34. The van der Waals surface area contributed by atoms with Crippen LogP contribution < -0.4 is 10.2 Å². The summed E-state index contributed by atoms with van der Waals surface area (Å²) in [6.07, 6.45) is 1.44. The third-order valence-electron chi connectivity index (χ3n) is 4.22. The van der Waals surface area contributed by atoms with Crippen LogP contribution in [0.3, 0.4) is 0 Å². The molecule has 0 unspecified atom stereocenters. The molecule has 1 fully saturated rings. The molecule has 10 heteroatoms. The molecule has 0 radical (unpaired) electrons. The zero-order valence-electron chi connectivity index (χ0n) is 15.9. The first-order chi connectivity index (χ1) is 14.0. The topological polar surface area (TPSA) is 63.2 Å². The predicted molar refractivity (Wildman–Crippen MR) is 117 cm³/mol. The van der Waals surface area contributed by atoms with Crippen molar-refractivity contribution in [3.63, 3.8) is 0 Å². The molecule has 30 heavy (non-hydrogen) atoms. The van der Waals surface area contributed by atoms with Gasteiger partial charge >= 0.3 is 0 Å². The summed E-state index contributed by atoms with van der Waals surface area (Å²) in [5.41, 5.74) is 3.46. The van der Waals surface area contributed by atoms with Gasteiger partial charge in [-0.05, 0) is 23.8 Å². The van der Waals surface area contributed by atoms with Crippen LogP contribution in [0.2, 0.25) is 10.0 Å². The van der Waals surface area contributed by atoms with Crippen molar-refractivity contribution < 1.29 is 18.7 Å². The van der Waals surface area contributed by atoms with Crippen LogP contribution in [0.25, 0.3) is 0 Å². The number of hydrogen-bond donors (Lipinski definition) is 1. The van der Waals surface area contributed by atoms with Crippen LogP contribution in [0.4, 0.5) is 4.39 Å². The molecule has 1 saturated heterocycles. The molecule has 1 N–H and O–H groups in total. The Labute approximate surface area is 190 Å². The van der Waals surface area contributed by atoms with Gasteiger partial charge in [0.15, 0.2) is 5.75 Å². The van der Waals surface area contributed by atoms with Gasteiger partial charge < -0.3 is 9.47 Å². The van der Waals surface area contributed by atoms with Crippen LogP contribution in [0.15, 0.2) is 41.5 Å². The normalized spacial score (nSPS) is 14.4. The quantitative estimate of drug-likeness (QED) is 0.486. The summed E-state index contributed by atoms with van der Waals surface area (Å²) in [5, 5.41) is 4.45. The average Bonchev–Trinajstić information content (AvgIpc) is 2.69. The lowest BCUT2D eigenvalue weighted by atomic mass is 10.2. The number of nitrogens with zero attached hydrogens (tertiary/aromatic N) is 2. The zero-order valence-corrected chi connectivity index (χ0v) is 18.3. The van der Waals surface area contributed by atoms with E-state index in [1.165, 1.54) is 12.3 Å². The largest absolute Gasteiger partial charge is 0.486 e. The van der Waals surface area contributed by atoms with Crippen molar-refractivity contribution in [3.05, 3.63) is 63.4 Å². The predicted octanol–water partition coefficient (Wildman–Crippen LogP) is 3.92. The van der Waals surface area contributed by atoms with E-state index < -0.39 is 0 Å². The van der Waals surface area contributed by atoms with Crippen molar-refractivity contribution in [1.29, 1.82) is 0 Å². The molecular weight excluding hydrogens is 456 g/mol. The number of morpholine rings is 1. The van der Waals surface area contributed by atoms with Gasteiger partial charge in [0.25, 0.3) is 5.91 Å². The minimum Gasteiger partial charge on any atom is -0.486 e. The van der Waals surface area contributed by atoms with Crippen LogP contribution in [0.1, 0.15) is 11.1 Å². The minimum atomic E-state index is -0.365. The lowest BCUT2D eigenvalue weighted by Gasteiger charge is -2.25. The van der Waals surface area contributed by atoms with Crippen LogP contribution in [0.5, 0.6) is 5.75 Å². The minimum absolute atomic E-state index is 0. The lowest BCUT2D eigenvalue weighted by molar-refractivity contribution is -0.123. The van der Waals surface area contributed by atoms with E-state index in [0.29, 0.717) is 24.3 Å². The van der Waals surface area contributed by atoms with Crippen LogP contribution >= 0.6 is 35.6 Å². The second-order valence-electron chi connectivity index (χ2n) is 6.38. The average molecular weight is 477 g/mol. The van der Waals surface area contributed by atoms with Crippen molar-refractivity contribution in [1.82, 2.24) is 10.3 Å². The Morgan fingerprint density at radius 1 is 1.23 bits per heavy atom. The molecule has 162 valence electrons. The van der Waals surface area contributed by atoms with E-state index in [-0.39, 0.29) is 53.1 Å². The van der Waals surface area contributed by atoms with Gasteiger partial charge in [0.05, 0.1) is 36.0 Å². The first kappa shape index (κ1) is 24.4. The maximum atomic E-state index is 13.7. The number of ether oxygens (including phenoxy) is 2. The number of nitrogens with one attached hydrogen (secondary N) is 1. The van der Waals surface area contributed by atoms with Crippen molar-refractivity contribution in [3.8, 4) is 5.75 Å². The molecule has 0 atom stereocenters. The number of rotatable bonds is 7. The fraction of sp³-hybridized carbons (Fsp3) is 0.300. The van der Waals surface area contributed by atoms with Crippen LogP contribution in [0, 0.1) is 5.82 Å². The SMILES string of the molecule is Cl.O=C(CN1CCOCC1)N/N=C/c1cc(Cl)c(OCc2ccccc2F)c(Cl)c1. The molecule has 1 heterocycles. The molecule has 0 aliphatic carbocycles. The van der Waals surface area contributed by atoms with E-state index in [2.05, 4.69) is 10.5 Å². The summed E-state index contributed by atoms with van der Waals surface area (Å²) in [5.74, 6) is -0.327. The Morgan fingerprint density at radius 2 is 1.90 bits per heavy atom. The molecule has 0 aromatic heterocycles. The monoisotopic (exact) mass is 475 g/mol. The highest BCUT2D eigenvalue weighted by Gasteiger charge is 2.14. The second kappa shape index (κ2) is 12.1. The van der Waals surface area contributed by atoms with Crippen molar-refractivity contribution in [2.75, 3.05) is 32.8 Å². The first-order valence-corrected chi connectivity index (χ1v) is 9.76. The van der Waals surface area contributed by atoms with Gasteiger partial charge in [0.1, 0.15) is 12.4 Å². The van der Waals surface area contributed by atoms with Gasteiger partial charge in [0, 0.05) is 18.7 Å². The molecule has 1 aliphatic rings. The number of hydrogen-bond acceptors (Lipinski definition) is 5. The Kier molecular flexibility index (Phi) is 9.81. The molecule has 0 saturated carbocycles. The Balaban J connectivity index is 0.00000320. The van der Waals surface area contributed by atoms with Gasteiger partial charge in [-0.25, -0.2) is 9.82 Å². The van der Waals surface area contributed by atoms with Gasteiger partial charge in [-0.3, -0.25) is 9.69 Å². The summed E-state index contributed by atoms with van der Waals surface area (Å²) in [6.45, 7) is 2.94. The molecule has 1 amide bonds. The van der Waals surface area contributed by atoms with E-state index in [1.54, 1.807) is 30.3 Å². The Bertz CT molecular complexity index is 870. The van der Waals surface area contributed by atoms with E-state index in [0.717, 1.165) is 13.1 Å². The van der Waals surface area contributed by atoms with Crippen LogP contribution in [-0.2, 0) is 16.1 Å². The molecule has 0 bridgehead atoms. The molecule has 6 nitrogen and oxygen atoms in total. The summed E-state index contributed by atoms with van der Waals surface area (Å²) in [4.78, 5) is 13.9. The fourth-order valence-electron chi connectivity index (χ4n) is 2.73. The first-order valence-electron chi connectivity index (χ1n) is 9.00. The van der Waals surface area contributed by atoms with Crippen molar-refractivity contribution in [2.24, 2.45) is 5.10 Å². The second-order valence-corrected chi connectivity index (χ2v) is 7.19. The van der Waals surface area contributed by atoms with Gasteiger partial charge in [-0.2, -0.15) is 5.10 Å². The van der Waals surface area contributed by atoms with Crippen LogP contribution in [-0.4, -0.2) is 49.9 Å². The molecule has 3 rings (SSSR count). The summed E-state index contributed by atoms with van der Waals surface area (Å²) in [6, 6.07) is 9.50. The van der Waals surface area contributed by atoms with E-state index in [9.17, 15) is 9.18 Å². The number of hydrazone groups is 1. The molecule has 2 aromatic rings. The number of benzene rings is 2. The maximum Gasteiger partial charge on any atom is 0.254 e. The van der Waals surface area contributed by atoms with Gasteiger partial charge in [0.2, 0.25) is 0 Å². The number of amides is 1. The molecule has 0 spiro atoms. The molecular formula is C20H21Cl3FN3O3. The van der Waals surface area contributed by atoms with Gasteiger partial charge in [-0.15, -0.1) is 12.4 Å². The smallest absolute Gasteiger partial charge is 0.254 e. The number of halogens is 4. The lowest BCUT2D eigenvalue weighted by Crippen LogP contribution is -2.42. The summed E-state index contributed by atoms with van der Waals surface area (Å²) < 4.78 is 24.5. The summed E-state index contributed by atoms with van der Waals surface area (Å²) >= 11 is 12.5. The third kappa shape index (κ3) is 7.11. The number of carbonyl (C=O) groups excluding carboxylic acids is 1. The Hall–Kier alpha value is -1.90. The van der Waals surface area contributed by atoms with Gasteiger partial charge in [-0.1, -0.05) is 41.4 Å². The highest BCUT2D eigenvalue weighted by atomic mass is 35.5. The van der Waals surface area contributed by atoms with Crippen molar-refractivity contribution in [2.45, 2.75) is 6.61 Å². The maximum absolute atomic E-state index is 13.7. The van der Waals surface area contributed by atoms with E-state index >= 15 is 0 Å². The Morgan fingerprint density at radius 3 is 2.57 bits per heavy atom.